The molecule has 1 atom stereocenters. The summed E-state index contributed by atoms with van der Waals surface area (Å²) in [4.78, 5) is 14.6. The zero-order valence-electron chi connectivity index (χ0n) is 16.0. The summed E-state index contributed by atoms with van der Waals surface area (Å²) in [7, 11) is -3.72. The molecule has 1 saturated heterocycles. The zero-order valence-corrected chi connectivity index (χ0v) is 18.4. The summed E-state index contributed by atoms with van der Waals surface area (Å²) in [5.41, 5.74) is 0. The molecule has 1 aromatic rings. The molecule has 1 amide bonds. The second-order valence-corrected chi connectivity index (χ2v) is 10.3. The molecule has 0 unspecified atom stereocenters. The minimum Gasteiger partial charge on any atom is -0.352 e. The third-order valence-electron chi connectivity index (χ3n) is 5.66. The van der Waals surface area contributed by atoms with E-state index in [1.807, 2.05) is 11.8 Å². The van der Waals surface area contributed by atoms with Gasteiger partial charge in [-0.15, -0.1) is 0 Å². The molecular weight excluding hydrogens is 421 g/mol. The molecule has 1 aliphatic heterocycles. The number of sulfonamides is 1. The van der Waals surface area contributed by atoms with Gasteiger partial charge in [-0.3, -0.25) is 9.69 Å². The minimum atomic E-state index is -3.72. The van der Waals surface area contributed by atoms with Crippen molar-refractivity contribution in [1.82, 2.24) is 14.5 Å². The van der Waals surface area contributed by atoms with Crippen LogP contribution in [0.4, 0.5) is 0 Å². The topological polar surface area (TPSA) is 69.7 Å². The van der Waals surface area contributed by atoms with Gasteiger partial charge in [-0.1, -0.05) is 42.5 Å². The van der Waals surface area contributed by atoms with Gasteiger partial charge >= 0.3 is 0 Å². The van der Waals surface area contributed by atoms with Crippen molar-refractivity contribution in [3.05, 3.63) is 28.2 Å². The summed E-state index contributed by atoms with van der Waals surface area (Å²) < 4.78 is 27.2. The first-order valence-electron chi connectivity index (χ1n) is 9.78. The van der Waals surface area contributed by atoms with Crippen molar-refractivity contribution in [2.45, 2.75) is 56.0 Å². The Hall–Kier alpha value is -0.860. The third-order valence-corrected chi connectivity index (χ3v) is 8.28. The number of carbonyl (C=O) groups is 1. The first kappa shape index (κ1) is 21.8. The molecule has 0 radical (unpaired) electrons. The summed E-state index contributed by atoms with van der Waals surface area (Å²) >= 11 is 12.0. The molecule has 1 N–H and O–H groups in total. The number of benzene rings is 1. The largest absolute Gasteiger partial charge is 0.352 e. The highest BCUT2D eigenvalue weighted by atomic mass is 35.5. The van der Waals surface area contributed by atoms with E-state index in [0.717, 1.165) is 12.8 Å². The van der Waals surface area contributed by atoms with Gasteiger partial charge in [0, 0.05) is 37.2 Å². The lowest BCUT2D eigenvalue weighted by Gasteiger charge is -2.37. The van der Waals surface area contributed by atoms with Gasteiger partial charge < -0.3 is 5.32 Å². The second-order valence-electron chi connectivity index (χ2n) is 7.53. The number of carbonyl (C=O) groups excluding carboxylic acids is 1. The van der Waals surface area contributed by atoms with Gasteiger partial charge in [0.2, 0.25) is 15.9 Å². The van der Waals surface area contributed by atoms with Crippen LogP contribution in [0.2, 0.25) is 10.0 Å². The number of piperazine rings is 1. The maximum atomic E-state index is 12.9. The van der Waals surface area contributed by atoms with E-state index in [-0.39, 0.29) is 27.9 Å². The predicted octanol–water partition coefficient (Wildman–Crippen LogP) is 3.14. The van der Waals surface area contributed by atoms with E-state index >= 15 is 0 Å². The Labute approximate surface area is 177 Å². The van der Waals surface area contributed by atoms with Crippen LogP contribution in [0, 0.1) is 0 Å². The molecule has 6 nitrogen and oxygen atoms in total. The predicted molar refractivity (Wildman–Crippen MR) is 111 cm³/mol. The van der Waals surface area contributed by atoms with E-state index in [9.17, 15) is 13.2 Å². The number of nitrogens with zero attached hydrogens (tertiary/aromatic N) is 2. The van der Waals surface area contributed by atoms with Crippen LogP contribution in [-0.2, 0) is 14.8 Å². The van der Waals surface area contributed by atoms with Crippen LogP contribution in [-0.4, -0.2) is 61.8 Å². The molecule has 9 heteroatoms. The third kappa shape index (κ3) is 5.00. The Morgan fingerprint density at radius 3 is 2.39 bits per heavy atom. The molecule has 0 spiro atoms. The van der Waals surface area contributed by atoms with Crippen molar-refractivity contribution in [3.63, 3.8) is 0 Å². The Morgan fingerprint density at radius 2 is 1.75 bits per heavy atom. The van der Waals surface area contributed by atoms with E-state index in [0.29, 0.717) is 31.2 Å². The molecule has 1 aromatic carbocycles. The Morgan fingerprint density at radius 1 is 1.11 bits per heavy atom. The van der Waals surface area contributed by atoms with E-state index in [1.54, 1.807) is 6.07 Å². The number of hydrogen-bond donors (Lipinski definition) is 1. The smallest absolute Gasteiger partial charge is 0.244 e. The molecule has 3 rings (SSSR count). The van der Waals surface area contributed by atoms with E-state index < -0.39 is 10.0 Å². The summed E-state index contributed by atoms with van der Waals surface area (Å²) in [6.45, 7) is 3.50. The van der Waals surface area contributed by atoms with Crippen molar-refractivity contribution in [1.29, 1.82) is 0 Å². The zero-order chi connectivity index (χ0) is 20.3. The lowest BCUT2D eigenvalue weighted by molar-refractivity contribution is -0.127. The fourth-order valence-corrected chi connectivity index (χ4v) is 6.04. The minimum absolute atomic E-state index is 0.0261. The number of amides is 1. The molecule has 1 heterocycles. The SMILES string of the molecule is C[C@H](C(=O)NC1CCCCC1)N1CCN(S(=O)(=O)c2cc(Cl)ccc2Cl)CC1. The highest BCUT2D eigenvalue weighted by Crippen LogP contribution is 2.28. The van der Waals surface area contributed by atoms with Gasteiger partial charge in [0.1, 0.15) is 4.90 Å². The number of nitrogens with one attached hydrogen (secondary N) is 1. The van der Waals surface area contributed by atoms with E-state index in [4.69, 9.17) is 23.2 Å². The van der Waals surface area contributed by atoms with Gasteiger partial charge in [0.25, 0.3) is 0 Å². The van der Waals surface area contributed by atoms with E-state index in [1.165, 1.54) is 35.7 Å². The van der Waals surface area contributed by atoms with Crippen LogP contribution in [0.3, 0.4) is 0 Å². The van der Waals surface area contributed by atoms with Crippen LogP contribution in [0.25, 0.3) is 0 Å². The van der Waals surface area contributed by atoms with Gasteiger partial charge in [-0.2, -0.15) is 4.31 Å². The van der Waals surface area contributed by atoms with Crippen LogP contribution in [0.1, 0.15) is 39.0 Å². The van der Waals surface area contributed by atoms with Crippen molar-refractivity contribution >= 4 is 39.1 Å². The molecule has 2 fully saturated rings. The van der Waals surface area contributed by atoms with Crippen molar-refractivity contribution in [3.8, 4) is 0 Å². The summed E-state index contributed by atoms with van der Waals surface area (Å²) in [5.74, 6) is 0.0288. The van der Waals surface area contributed by atoms with Gasteiger partial charge in [0.05, 0.1) is 11.1 Å². The standard InChI is InChI=1S/C19H27Cl2N3O3S/c1-14(19(25)22-16-5-3-2-4-6-16)23-9-11-24(12-10-23)28(26,27)18-13-15(20)7-8-17(18)21/h7-8,13-14,16H,2-6,9-12H2,1H3,(H,22,25)/t14-/m1/s1. The fourth-order valence-electron chi connectivity index (χ4n) is 3.88. The first-order valence-corrected chi connectivity index (χ1v) is 12.0. The Bertz CT molecular complexity index is 805. The number of rotatable bonds is 5. The van der Waals surface area contributed by atoms with Crippen LogP contribution in [0.5, 0.6) is 0 Å². The molecular formula is C19H27Cl2N3O3S. The summed E-state index contributed by atoms with van der Waals surface area (Å²) in [6.07, 6.45) is 5.68. The van der Waals surface area contributed by atoms with Crippen LogP contribution >= 0.6 is 23.2 Å². The van der Waals surface area contributed by atoms with Crippen molar-refractivity contribution in [2.24, 2.45) is 0 Å². The number of halogens is 2. The van der Waals surface area contributed by atoms with Gasteiger partial charge in [-0.05, 0) is 38.0 Å². The Balaban J connectivity index is 1.58. The van der Waals surface area contributed by atoms with Crippen molar-refractivity contribution in [2.75, 3.05) is 26.2 Å². The molecule has 28 heavy (non-hydrogen) atoms. The molecule has 156 valence electrons. The normalized spacial score (nSPS) is 21.4. The summed E-state index contributed by atoms with van der Waals surface area (Å²) in [6, 6.07) is 4.43. The molecule has 1 saturated carbocycles. The average Bonchev–Trinajstić information content (AvgIpc) is 2.70. The highest BCUT2D eigenvalue weighted by Gasteiger charge is 2.33. The van der Waals surface area contributed by atoms with E-state index in [2.05, 4.69) is 5.32 Å². The monoisotopic (exact) mass is 447 g/mol. The molecule has 2 aliphatic rings. The van der Waals surface area contributed by atoms with Crippen LogP contribution < -0.4 is 5.32 Å². The molecule has 0 aromatic heterocycles. The molecule has 0 bridgehead atoms. The lowest BCUT2D eigenvalue weighted by atomic mass is 9.95. The highest BCUT2D eigenvalue weighted by molar-refractivity contribution is 7.89. The average molecular weight is 448 g/mol. The maximum Gasteiger partial charge on any atom is 0.244 e. The maximum absolute atomic E-state index is 12.9. The lowest BCUT2D eigenvalue weighted by Crippen LogP contribution is -2.55. The van der Waals surface area contributed by atoms with Crippen molar-refractivity contribution < 1.29 is 13.2 Å². The van der Waals surface area contributed by atoms with Gasteiger partial charge in [0.15, 0.2) is 0 Å². The van der Waals surface area contributed by atoms with Crippen LogP contribution in [0.15, 0.2) is 23.1 Å². The molecule has 1 aliphatic carbocycles. The Kier molecular flexibility index (Phi) is 7.26. The second kappa shape index (κ2) is 9.30. The number of hydrogen-bond acceptors (Lipinski definition) is 4. The summed E-state index contributed by atoms with van der Waals surface area (Å²) in [5, 5.41) is 3.64. The fraction of sp³-hybridized carbons (Fsp3) is 0.632. The van der Waals surface area contributed by atoms with Gasteiger partial charge in [-0.25, -0.2) is 8.42 Å². The first-order chi connectivity index (χ1) is 13.3. The quantitative estimate of drug-likeness (QED) is 0.752.